The number of hydrogen-bond donors (Lipinski definition) is 2. The molecule has 0 aliphatic heterocycles. The minimum atomic E-state index is -0.185. The second kappa shape index (κ2) is 5.82. The predicted molar refractivity (Wildman–Crippen MR) is 75.9 cm³/mol. The maximum absolute atomic E-state index is 5.72. The Labute approximate surface area is 113 Å². The number of hydrazine groups is 1. The molecule has 4 heteroatoms. The Bertz CT molecular complexity index is 549. The third-order valence-corrected chi connectivity index (χ3v) is 3.04. The van der Waals surface area contributed by atoms with Gasteiger partial charge in [0.15, 0.2) is 0 Å². The Morgan fingerprint density at radius 3 is 2.47 bits per heavy atom. The summed E-state index contributed by atoms with van der Waals surface area (Å²) in [6.07, 6.45) is 1.74. The zero-order valence-electron chi connectivity index (χ0n) is 11.5. The highest BCUT2D eigenvalue weighted by Crippen LogP contribution is 2.28. The van der Waals surface area contributed by atoms with Gasteiger partial charge in [-0.25, -0.2) is 5.43 Å². The van der Waals surface area contributed by atoms with Crippen molar-refractivity contribution in [3.05, 3.63) is 58.9 Å². The molecule has 1 atom stereocenters. The number of pyridine rings is 1. The van der Waals surface area contributed by atoms with E-state index < -0.39 is 0 Å². The summed E-state index contributed by atoms with van der Waals surface area (Å²) in [6, 6.07) is 9.88. The van der Waals surface area contributed by atoms with Crippen molar-refractivity contribution < 1.29 is 4.74 Å². The van der Waals surface area contributed by atoms with Crippen LogP contribution in [0.4, 0.5) is 0 Å². The monoisotopic (exact) mass is 257 g/mol. The average molecular weight is 257 g/mol. The van der Waals surface area contributed by atoms with Crippen molar-refractivity contribution in [1.29, 1.82) is 0 Å². The molecule has 1 aromatic carbocycles. The van der Waals surface area contributed by atoms with E-state index >= 15 is 0 Å². The molecule has 3 N–H and O–H groups in total. The molecule has 1 heterocycles. The van der Waals surface area contributed by atoms with Crippen molar-refractivity contribution in [2.45, 2.75) is 19.9 Å². The lowest BCUT2D eigenvalue weighted by Crippen LogP contribution is -2.30. The number of hydrogen-bond acceptors (Lipinski definition) is 4. The van der Waals surface area contributed by atoms with E-state index in [0.717, 1.165) is 17.0 Å². The molecule has 1 aromatic heterocycles. The van der Waals surface area contributed by atoms with E-state index in [1.54, 1.807) is 13.3 Å². The molecule has 0 saturated heterocycles. The van der Waals surface area contributed by atoms with Gasteiger partial charge in [0, 0.05) is 6.20 Å². The summed E-state index contributed by atoms with van der Waals surface area (Å²) in [6.45, 7) is 4.14. The van der Waals surface area contributed by atoms with Crippen LogP contribution in [0.3, 0.4) is 0 Å². The van der Waals surface area contributed by atoms with E-state index in [1.807, 2.05) is 12.1 Å². The van der Waals surface area contributed by atoms with Gasteiger partial charge in [-0.2, -0.15) is 0 Å². The lowest BCUT2D eigenvalue weighted by Gasteiger charge is -2.19. The number of nitrogens with one attached hydrogen (secondary N) is 1. The number of nitrogens with two attached hydrogens (primary N) is 1. The van der Waals surface area contributed by atoms with Crippen LogP contribution in [0.1, 0.15) is 28.4 Å². The predicted octanol–water partition coefficient (Wildman–Crippen LogP) is 2.26. The van der Waals surface area contributed by atoms with E-state index in [-0.39, 0.29) is 6.04 Å². The van der Waals surface area contributed by atoms with Crippen LogP contribution in [0, 0.1) is 13.8 Å². The molecule has 1 unspecified atom stereocenters. The highest BCUT2D eigenvalue weighted by atomic mass is 16.5. The second-order valence-corrected chi connectivity index (χ2v) is 4.61. The van der Waals surface area contributed by atoms with Crippen molar-refractivity contribution >= 4 is 0 Å². The second-order valence-electron chi connectivity index (χ2n) is 4.61. The van der Waals surface area contributed by atoms with Crippen LogP contribution in [-0.2, 0) is 0 Å². The molecule has 0 bridgehead atoms. The first-order chi connectivity index (χ1) is 9.15. The SMILES string of the molecule is COc1cccnc1C(NN)c1cc(C)cc(C)c1. The zero-order valence-corrected chi connectivity index (χ0v) is 11.5. The van der Waals surface area contributed by atoms with Crippen LogP contribution in [0.5, 0.6) is 5.75 Å². The number of methoxy groups -OCH3 is 1. The molecule has 0 spiro atoms. The van der Waals surface area contributed by atoms with Gasteiger partial charge in [0.2, 0.25) is 0 Å². The number of rotatable bonds is 4. The number of ether oxygens (including phenoxy) is 1. The van der Waals surface area contributed by atoms with Gasteiger partial charge in [-0.05, 0) is 31.5 Å². The molecule has 0 fully saturated rings. The van der Waals surface area contributed by atoms with Crippen molar-refractivity contribution in [2.24, 2.45) is 5.84 Å². The Morgan fingerprint density at radius 1 is 1.21 bits per heavy atom. The third-order valence-electron chi connectivity index (χ3n) is 3.04. The van der Waals surface area contributed by atoms with Crippen molar-refractivity contribution in [3.63, 3.8) is 0 Å². The first-order valence-electron chi connectivity index (χ1n) is 6.19. The Hall–Kier alpha value is -1.91. The first kappa shape index (κ1) is 13.5. The van der Waals surface area contributed by atoms with Gasteiger partial charge < -0.3 is 4.74 Å². The normalized spacial score (nSPS) is 12.2. The maximum Gasteiger partial charge on any atom is 0.142 e. The average Bonchev–Trinajstić information content (AvgIpc) is 2.39. The van der Waals surface area contributed by atoms with Crippen LogP contribution in [0.15, 0.2) is 36.5 Å². The largest absolute Gasteiger partial charge is 0.495 e. The van der Waals surface area contributed by atoms with Gasteiger partial charge in [-0.1, -0.05) is 29.3 Å². The molecule has 0 saturated carbocycles. The Morgan fingerprint density at radius 2 is 1.89 bits per heavy atom. The van der Waals surface area contributed by atoms with E-state index in [0.29, 0.717) is 0 Å². The number of aryl methyl sites for hydroxylation is 2. The standard InChI is InChI=1S/C15H19N3O/c1-10-7-11(2)9-12(8-10)14(18-16)15-13(19-3)5-4-6-17-15/h4-9,14,18H,16H2,1-3H3. The molecular weight excluding hydrogens is 238 g/mol. The third kappa shape index (κ3) is 2.92. The molecular formula is C15H19N3O. The van der Waals surface area contributed by atoms with Crippen LogP contribution >= 0.6 is 0 Å². The summed E-state index contributed by atoms with van der Waals surface area (Å²) in [5.74, 6) is 6.44. The van der Waals surface area contributed by atoms with Crippen LogP contribution in [-0.4, -0.2) is 12.1 Å². The number of aromatic nitrogens is 1. The van der Waals surface area contributed by atoms with Gasteiger partial charge in [0.1, 0.15) is 11.4 Å². The Balaban J connectivity index is 2.49. The van der Waals surface area contributed by atoms with E-state index in [1.165, 1.54) is 11.1 Å². The molecule has 19 heavy (non-hydrogen) atoms. The van der Waals surface area contributed by atoms with Gasteiger partial charge >= 0.3 is 0 Å². The zero-order chi connectivity index (χ0) is 13.8. The van der Waals surface area contributed by atoms with Crippen LogP contribution < -0.4 is 16.0 Å². The topological polar surface area (TPSA) is 60.2 Å². The quantitative estimate of drug-likeness (QED) is 0.651. The fourth-order valence-corrected chi connectivity index (χ4v) is 2.30. The fraction of sp³-hybridized carbons (Fsp3) is 0.267. The van der Waals surface area contributed by atoms with Gasteiger partial charge in [-0.15, -0.1) is 0 Å². The van der Waals surface area contributed by atoms with E-state index in [9.17, 15) is 0 Å². The van der Waals surface area contributed by atoms with Crippen molar-refractivity contribution in [2.75, 3.05) is 7.11 Å². The number of nitrogens with zero attached hydrogens (tertiary/aromatic N) is 1. The molecule has 0 amide bonds. The maximum atomic E-state index is 5.72. The highest BCUT2D eigenvalue weighted by molar-refractivity contribution is 5.39. The molecule has 100 valence electrons. The van der Waals surface area contributed by atoms with Crippen molar-refractivity contribution in [3.8, 4) is 5.75 Å². The minimum Gasteiger partial charge on any atom is -0.495 e. The smallest absolute Gasteiger partial charge is 0.142 e. The summed E-state index contributed by atoms with van der Waals surface area (Å²) < 4.78 is 5.35. The van der Waals surface area contributed by atoms with Crippen molar-refractivity contribution in [1.82, 2.24) is 10.4 Å². The first-order valence-corrected chi connectivity index (χ1v) is 6.19. The van der Waals surface area contributed by atoms with Gasteiger partial charge in [0.05, 0.1) is 13.2 Å². The molecule has 2 rings (SSSR count). The van der Waals surface area contributed by atoms with Gasteiger partial charge in [0.25, 0.3) is 0 Å². The lowest BCUT2D eigenvalue weighted by atomic mass is 9.99. The Kier molecular flexibility index (Phi) is 4.14. The summed E-state index contributed by atoms with van der Waals surface area (Å²) in [5, 5.41) is 0. The summed E-state index contributed by atoms with van der Waals surface area (Å²) in [5.41, 5.74) is 7.09. The summed E-state index contributed by atoms with van der Waals surface area (Å²) >= 11 is 0. The molecule has 2 aromatic rings. The minimum absolute atomic E-state index is 0.185. The lowest BCUT2D eigenvalue weighted by molar-refractivity contribution is 0.400. The van der Waals surface area contributed by atoms with E-state index in [4.69, 9.17) is 10.6 Å². The molecule has 4 nitrogen and oxygen atoms in total. The fourth-order valence-electron chi connectivity index (χ4n) is 2.30. The van der Waals surface area contributed by atoms with Gasteiger partial charge in [-0.3, -0.25) is 10.8 Å². The highest BCUT2D eigenvalue weighted by Gasteiger charge is 2.18. The number of benzene rings is 1. The van der Waals surface area contributed by atoms with Crippen LogP contribution in [0.2, 0.25) is 0 Å². The molecule has 0 radical (unpaired) electrons. The van der Waals surface area contributed by atoms with E-state index in [2.05, 4.69) is 42.5 Å². The summed E-state index contributed by atoms with van der Waals surface area (Å²) in [4.78, 5) is 4.39. The molecule has 0 aliphatic carbocycles. The summed E-state index contributed by atoms with van der Waals surface area (Å²) in [7, 11) is 1.63. The van der Waals surface area contributed by atoms with Crippen LogP contribution in [0.25, 0.3) is 0 Å². The molecule has 0 aliphatic rings.